The van der Waals surface area contributed by atoms with E-state index in [1.165, 1.54) is 0 Å². The first kappa shape index (κ1) is 19.5. The van der Waals surface area contributed by atoms with E-state index < -0.39 is 0 Å². The van der Waals surface area contributed by atoms with Crippen LogP contribution in [0.3, 0.4) is 0 Å². The molecule has 5 nitrogen and oxygen atoms in total. The quantitative estimate of drug-likeness (QED) is 0.465. The highest BCUT2D eigenvalue weighted by molar-refractivity contribution is 6.33. The van der Waals surface area contributed by atoms with Crippen molar-refractivity contribution in [2.75, 3.05) is 31.1 Å². The molecule has 154 valence electrons. The van der Waals surface area contributed by atoms with E-state index in [1.807, 2.05) is 65.6 Å². The van der Waals surface area contributed by atoms with Gasteiger partial charge < -0.3 is 9.80 Å². The largest absolute Gasteiger partial charge is 0.352 e. The van der Waals surface area contributed by atoms with Crippen molar-refractivity contribution in [3.05, 3.63) is 89.4 Å². The smallest absolute Gasteiger partial charge is 0.255 e. The van der Waals surface area contributed by atoms with Gasteiger partial charge in [-0.25, -0.2) is 9.97 Å². The topological polar surface area (TPSA) is 49.3 Å². The van der Waals surface area contributed by atoms with E-state index in [9.17, 15) is 4.79 Å². The van der Waals surface area contributed by atoms with Crippen LogP contribution < -0.4 is 4.90 Å². The highest BCUT2D eigenvalue weighted by Crippen LogP contribution is 2.28. The number of anilines is 1. The van der Waals surface area contributed by atoms with Gasteiger partial charge in [-0.05, 0) is 24.3 Å². The Hall–Kier alpha value is -3.44. The standard InChI is InChI=1S/C25H21ClN4O/c26-21-12-6-4-10-19(21)25(31)30-16-14-29(15-17-30)24-20-11-5-7-13-22(20)27-23(28-24)18-8-2-1-3-9-18/h1-13H,14-17H2. The maximum absolute atomic E-state index is 12.9. The average molecular weight is 429 g/mol. The van der Waals surface area contributed by atoms with Gasteiger partial charge in [0.2, 0.25) is 0 Å². The summed E-state index contributed by atoms with van der Waals surface area (Å²) in [4.78, 5) is 26.7. The molecule has 2 heterocycles. The van der Waals surface area contributed by atoms with Crippen LogP contribution in [-0.2, 0) is 0 Å². The second-order valence-electron chi connectivity index (χ2n) is 7.51. The number of amides is 1. The van der Waals surface area contributed by atoms with E-state index in [2.05, 4.69) is 11.0 Å². The van der Waals surface area contributed by atoms with Crippen LogP contribution in [-0.4, -0.2) is 47.0 Å². The van der Waals surface area contributed by atoms with Gasteiger partial charge in [0.15, 0.2) is 5.82 Å². The summed E-state index contributed by atoms with van der Waals surface area (Å²) in [6.45, 7) is 2.63. The number of para-hydroxylation sites is 1. The lowest BCUT2D eigenvalue weighted by molar-refractivity contribution is 0.0747. The lowest BCUT2D eigenvalue weighted by Gasteiger charge is -2.36. The third-order valence-electron chi connectivity index (χ3n) is 5.59. The summed E-state index contributed by atoms with van der Waals surface area (Å²) in [7, 11) is 0. The van der Waals surface area contributed by atoms with Gasteiger partial charge in [0.1, 0.15) is 5.82 Å². The molecular formula is C25H21ClN4O. The molecule has 1 saturated heterocycles. The maximum Gasteiger partial charge on any atom is 0.255 e. The Bertz CT molecular complexity index is 1240. The molecule has 5 rings (SSSR count). The Balaban J connectivity index is 1.43. The normalized spacial score (nSPS) is 14.1. The zero-order valence-electron chi connectivity index (χ0n) is 16.9. The van der Waals surface area contributed by atoms with Crippen molar-refractivity contribution in [2.24, 2.45) is 0 Å². The summed E-state index contributed by atoms with van der Waals surface area (Å²) in [5.74, 6) is 1.60. The number of piperazine rings is 1. The van der Waals surface area contributed by atoms with Crippen molar-refractivity contribution in [3.8, 4) is 11.4 Å². The van der Waals surface area contributed by atoms with E-state index in [0.717, 1.165) is 22.3 Å². The van der Waals surface area contributed by atoms with Gasteiger partial charge in [0.05, 0.1) is 16.1 Å². The van der Waals surface area contributed by atoms with Gasteiger partial charge in [0.25, 0.3) is 5.91 Å². The van der Waals surface area contributed by atoms with E-state index in [4.69, 9.17) is 21.6 Å². The molecule has 0 N–H and O–H groups in total. The monoisotopic (exact) mass is 428 g/mol. The number of benzene rings is 3. The molecule has 3 aromatic carbocycles. The van der Waals surface area contributed by atoms with E-state index in [1.54, 1.807) is 12.1 Å². The molecule has 0 aliphatic carbocycles. The van der Waals surface area contributed by atoms with E-state index >= 15 is 0 Å². The molecule has 0 unspecified atom stereocenters. The predicted octanol–water partition coefficient (Wildman–Crippen LogP) is 4.91. The number of hydrogen-bond acceptors (Lipinski definition) is 4. The molecule has 1 amide bonds. The van der Waals surface area contributed by atoms with Crippen molar-refractivity contribution in [2.45, 2.75) is 0 Å². The molecule has 1 aromatic heterocycles. The number of rotatable bonds is 3. The van der Waals surface area contributed by atoms with Gasteiger partial charge in [-0.15, -0.1) is 0 Å². The van der Waals surface area contributed by atoms with Crippen LogP contribution in [0.5, 0.6) is 0 Å². The molecule has 0 spiro atoms. The number of fused-ring (bicyclic) bond motifs is 1. The Morgan fingerprint density at radius 2 is 1.45 bits per heavy atom. The fourth-order valence-corrected chi connectivity index (χ4v) is 4.16. The summed E-state index contributed by atoms with van der Waals surface area (Å²) in [5.41, 5.74) is 2.46. The highest BCUT2D eigenvalue weighted by Gasteiger charge is 2.25. The summed E-state index contributed by atoms with van der Waals surface area (Å²) < 4.78 is 0. The Kier molecular flexibility index (Phi) is 5.26. The van der Waals surface area contributed by atoms with Gasteiger partial charge in [0, 0.05) is 37.1 Å². The third-order valence-corrected chi connectivity index (χ3v) is 5.92. The third kappa shape index (κ3) is 3.84. The van der Waals surface area contributed by atoms with Crippen molar-refractivity contribution < 1.29 is 4.79 Å². The number of carbonyl (C=O) groups excluding carboxylic acids is 1. The minimum absolute atomic E-state index is 0.0252. The van der Waals surface area contributed by atoms with Crippen molar-refractivity contribution in [1.82, 2.24) is 14.9 Å². The molecular weight excluding hydrogens is 408 g/mol. The van der Waals surface area contributed by atoms with Crippen LogP contribution in [0.4, 0.5) is 5.82 Å². The van der Waals surface area contributed by atoms with Crippen LogP contribution in [0, 0.1) is 0 Å². The molecule has 6 heteroatoms. The molecule has 1 aliphatic heterocycles. The Morgan fingerprint density at radius 1 is 0.774 bits per heavy atom. The van der Waals surface area contributed by atoms with Gasteiger partial charge in [-0.1, -0.05) is 66.2 Å². The SMILES string of the molecule is O=C(c1ccccc1Cl)N1CCN(c2nc(-c3ccccc3)nc3ccccc23)CC1. The van der Waals surface area contributed by atoms with Crippen molar-refractivity contribution in [1.29, 1.82) is 0 Å². The zero-order chi connectivity index (χ0) is 21.2. The molecule has 0 atom stereocenters. The first-order valence-electron chi connectivity index (χ1n) is 10.3. The molecule has 0 radical (unpaired) electrons. The van der Waals surface area contributed by atoms with Crippen molar-refractivity contribution in [3.63, 3.8) is 0 Å². The van der Waals surface area contributed by atoms with Crippen LogP contribution in [0.1, 0.15) is 10.4 Å². The second-order valence-corrected chi connectivity index (χ2v) is 7.92. The average Bonchev–Trinajstić information content (AvgIpc) is 2.84. The maximum atomic E-state index is 12.9. The summed E-state index contributed by atoms with van der Waals surface area (Å²) >= 11 is 6.23. The Morgan fingerprint density at radius 3 is 2.23 bits per heavy atom. The molecule has 0 saturated carbocycles. The molecule has 31 heavy (non-hydrogen) atoms. The van der Waals surface area contributed by atoms with Crippen LogP contribution in [0.25, 0.3) is 22.3 Å². The van der Waals surface area contributed by atoms with Gasteiger partial charge in [-0.2, -0.15) is 0 Å². The number of carbonyl (C=O) groups is 1. The first-order valence-corrected chi connectivity index (χ1v) is 10.7. The van der Waals surface area contributed by atoms with Crippen LogP contribution >= 0.6 is 11.6 Å². The predicted molar refractivity (Wildman–Crippen MR) is 125 cm³/mol. The fraction of sp³-hybridized carbons (Fsp3) is 0.160. The first-order chi connectivity index (χ1) is 15.2. The highest BCUT2D eigenvalue weighted by atomic mass is 35.5. The number of aromatic nitrogens is 2. The van der Waals surface area contributed by atoms with Crippen molar-refractivity contribution >= 4 is 34.2 Å². The summed E-state index contributed by atoms with van der Waals surface area (Å²) in [6, 6.07) is 25.3. The summed E-state index contributed by atoms with van der Waals surface area (Å²) in [5, 5.41) is 1.51. The van der Waals surface area contributed by atoms with Gasteiger partial charge in [-0.3, -0.25) is 4.79 Å². The van der Waals surface area contributed by atoms with E-state index in [0.29, 0.717) is 42.6 Å². The molecule has 0 bridgehead atoms. The zero-order valence-corrected chi connectivity index (χ0v) is 17.7. The lowest BCUT2D eigenvalue weighted by atomic mass is 10.1. The number of hydrogen-bond donors (Lipinski definition) is 0. The van der Waals surface area contributed by atoms with Gasteiger partial charge >= 0.3 is 0 Å². The molecule has 1 aliphatic rings. The van der Waals surface area contributed by atoms with E-state index in [-0.39, 0.29) is 5.91 Å². The van der Waals surface area contributed by atoms with Crippen LogP contribution in [0.2, 0.25) is 5.02 Å². The molecule has 1 fully saturated rings. The van der Waals surface area contributed by atoms with Crippen LogP contribution in [0.15, 0.2) is 78.9 Å². The number of halogens is 1. The fourth-order valence-electron chi connectivity index (χ4n) is 3.94. The minimum atomic E-state index is -0.0252. The lowest BCUT2D eigenvalue weighted by Crippen LogP contribution is -2.49. The minimum Gasteiger partial charge on any atom is -0.352 e. The Labute approximate surface area is 185 Å². The summed E-state index contributed by atoms with van der Waals surface area (Å²) in [6.07, 6.45) is 0. The molecule has 4 aromatic rings. The number of nitrogens with zero attached hydrogens (tertiary/aromatic N) is 4. The second kappa shape index (κ2) is 8.36.